The zero-order valence-electron chi connectivity index (χ0n) is 12.1. The van der Waals surface area contributed by atoms with Crippen molar-refractivity contribution in [3.8, 4) is 0 Å². The number of benzene rings is 1. The van der Waals surface area contributed by atoms with Gasteiger partial charge in [-0.25, -0.2) is 0 Å². The molecular weight excluding hydrogens is 276 g/mol. The Kier molecular flexibility index (Phi) is 4.11. The fraction of sp³-hybridized carbons (Fsp3) is 0.500. The molecule has 0 saturated carbocycles. The molecule has 110 valence electrons. The summed E-state index contributed by atoms with van der Waals surface area (Å²) in [6, 6.07) is 5.62. The monoisotopic (exact) mass is 296 g/mol. The Bertz CT molecular complexity index is 530. The van der Waals surface area contributed by atoms with E-state index in [9.17, 15) is 0 Å². The molecule has 0 amide bonds. The predicted octanol–water partition coefficient (Wildman–Crippen LogP) is 1.96. The van der Waals surface area contributed by atoms with E-state index in [-0.39, 0.29) is 11.4 Å². The molecule has 0 radical (unpaired) electrons. The molecule has 3 N–H and O–H groups in total. The minimum absolute atomic E-state index is 0.0280. The number of anilines is 1. The summed E-state index contributed by atoms with van der Waals surface area (Å²) in [5.74, 6) is 0.0280. The molecule has 0 aliphatic carbocycles. The highest BCUT2D eigenvalue weighted by molar-refractivity contribution is 6.34. The van der Waals surface area contributed by atoms with Gasteiger partial charge < -0.3 is 15.8 Å². The molecule has 1 saturated heterocycles. The summed E-state index contributed by atoms with van der Waals surface area (Å²) in [5, 5.41) is 12.2. The Balaban J connectivity index is 2.25. The van der Waals surface area contributed by atoms with E-state index in [4.69, 9.17) is 22.5 Å². The Morgan fingerprint density at radius 3 is 2.65 bits per heavy atom. The molecule has 1 fully saturated rings. The summed E-state index contributed by atoms with van der Waals surface area (Å²) < 4.78 is 0. The maximum absolute atomic E-state index is 8.72. The van der Waals surface area contributed by atoms with Crippen molar-refractivity contribution in [1.29, 1.82) is 0 Å². The Labute approximate surface area is 124 Å². The molecule has 2 rings (SSSR count). The molecule has 20 heavy (non-hydrogen) atoms. The van der Waals surface area contributed by atoms with Gasteiger partial charge in [-0.3, -0.25) is 4.90 Å². The van der Waals surface area contributed by atoms with Crippen LogP contribution in [0.2, 0.25) is 5.02 Å². The van der Waals surface area contributed by atoms with E-state index < -0.39 is 0 Å². The third kappa shape index (κ3) is 2.83. The third-order valence-electron chi connectivity index (χ3n) is 4.02. The average Bonchev–Trinajstić information content (AvgIpc) is 2.41. The lowest BCUT2D eigenvalue weighted by Crippen LogP contribution is -2.57. The van der Waals surface area contributed by atoms with Crippen LogP contribution in [0.25, 0.3) is 0 Å². The summed E-state index contributed by atoms with van der Waals surface area (Å²) in [6.07, 6.45) is 0. The van der Waals surface area contributed by atoms with E-state index in [0.29, 0.717) is 10.6 Å². The van der Waals surface area contributed by atoms with Crippen LogP contribution in [-0.2, 0) is 0 Å². The predicted molar refractivity (Wildman–Crippen MR) is 82.9 cm³/mol. The first kappa shape index (κ1) is 14.9. The Hall–Kier alpha value is -1.46. The molecule has 0 bridgehead atoms. The van der Waals surface area contributed by atoms with Crippen molar-refractivity contribution in [2.24, 2.45) is 10.9 Å². The summed E-state index contributed by atoms with van der Waals surface area (Å²) in [7, 11) is 2.14. The number of hydrogen-bond acceptors (Lipinski definition) is 4. The van der Waals surface area contributed by atoms with Crippen molar-refractivity contribution in [3.05, 3.63) is 28.8 Å². The van der Waals surface area contributed by atoms with Crippen LogP contribution in [0.1, 0.15) is 19.4 Å². The van der Waals surface area contributed by atoms with Gasteiger partial charge in [0.15, 0.2) is 5.84 Å². The highest BCUT2D eigenvalue weighted by atomic mass is 35.5. The zero-order chi connectivity index (χ0) is 14.9. The van der Waals surface area contributed by atoms with Crippen LogP contribution in [0.3, 0.4) is 0 Å². The molecule has 6 heteroatoms. The molecule has 1 heterocycles. The highest BCUT2D eigenvalue weighted by Crippen LogP contribution is 2.28. The first-order chi connectivity index (χ1) is 9.35. The lowest BCUT2D eigenvalue weighted by Gasteiger charge is -2.46. The number of oxime groups is 1. The SMILES string of the molecule is CN1CCN(c2ccc(C(N)=NO)c(Cl)c2)CC1(C)C. The number of rotatable bonds is 2. The first-order valence-corrected chi connectivity index (χ1v) is 6.96. The standard InChI is InChI=1S/C14H21ClN4O/c1-14(2)9-19(7-6-18(14)3)10-4-5-11(12(15)8-10)13(16)17-20/h4-5,8,20H,6-7,9H2,1-3H3,(H2,16,17). The number of likely N-dealkylation sites (N-methyl/N-ethyl adjacent to an activating group) is 1. The number of hydrogen-bond donors (Lipinski definition) is 2. The fourth-order valence-corrected chi connectivity index (χ4v) is 2.69. The second-order valence-electron chi connectivity index (χ2n) is 5.80. The molecule has 0 unspecified atom stereocenters. The van der Waals surface area contributed by atoms with Gasteiger partial charge in [0.1, 0.15) is 0 Å². The number of piperazine rings is 1. The van der Waals surface area contributed by atoms with Gasteiger partial charge in [-0.05, 0) is 39.1 Å². The Morgan fingerprint density at radius 1 is 1.40 bits per heavy atom. The third-order valence-corrected chi connectivity index (χ3v) is 4.33. The smallest absolute Gasteiger partial charge is 0.171 e. The van der Waals surface area contributed by atoms with E-state index in [1.165, 1.54) is 0 Å². The Morgan fingerprint density at radius 2 is 2.10 bits per heavy atom. The van der Waals surface area contributed by atoms with Crippen LogP contribution < -0.4 is 10.6 Å². The minimum atomic E-state index is 0.0280. The van der Waals surface area contributed by atoms with Crippen LogP contribution in [-0.4, -0.2) is 48.2 Å². The van der Waals surface area contributed by atoms with Crippen molar-refractivity contribution in [2.45, 2.75) is 19.4 Å². The van der Waals surface area contributed by atoms with Crippen LogP contribution in [0.5, 0.6) is 0 Å². The van der Waals surface area contributed by atoms with Gasteiger partial charge in [0.2, 0.25) is 0 Å². The van der Waals surface area contributed by atoms with Crippen molar-refractivity contribution in [1.82, 2.24) is 4.90 Å². The van der Waals surface area contributed by atoms with Crippen LogP contribution in [0.15, 0.2) is 23.4 Å². The van der Waals surface area contributed by atoms with Gasteiger partial charge in [0.05, 0.1) is 5.02 Å². The lowest BCUT2D eigenvalue weighted by atomic mass is 9.99. The molecule has 1 aromatic carbocycles. The second kappa shape index (κ2) is 5.50. The molecule has 5 nitrogen and oxygen atoms in total. The van der Waals surface area contributed by atoms with Gasteiger partial charge in [0, 0.05) is 36.4 Å². The minimum Gasteiger partial charge on any atom is -0.409 e. The van der Waals surface area contributed by atoms with E-state index in [1.54, 1.807) is 6.07 Å². The van der Waals surface area contributed by atoms with E-state index in [0.717, 1.165) is 25.3 Å². The molecule has 1 aliphatic heterocycles. The van der Waals surface area contributed by atoms with Gasteiger partial charge in [0.25, 0.3) is 0 Å². The number of halogens is 1. The summed E-state index contributed by atoms with van der Waals surface area (Å²) >= 11 is 6.21. The fourth-order valence-electron chi connectivity index (χ4n) is 2.42. The van der Waals surface area contributed by atoms with E-state index in [2.05, 4.69) is 35.9 Å². The van der Waals surface area contributed by atoms with Gasteiger partial charge >= 0.3 is 0 Å². The molecular formula is C14H21ClN4O. The van der Waals surface area contributed by atoms with E-state index >= 15 is 0 Å². The second-order valence-corrected chi connectivity index (χ2v) is 6.21. The molecule has 0 atom stereocenters. The van der Waals surface area contributed by atoms with Crippen molar-refractivity contribution < 1.29 is 5.21 Å². The quantitative estimate of drug-likeness (QED) is 0.379. The molecule has 1 aromatic rings. The number of nitrogens with two attached hydrogens (primary N) is 1. The molecule has 0 aromatic heterocycles. The topological polar surface area (TPSA) is 65.1 Å². The normalized spacial score (nSPS) is 20.2. The summed E-state index contributed by atoms with van der Waals surface area (Å²) in [6.45, 7) is 7.35. The van der Waals surface area contributed by atoms with Crippen LogP contribution >= 0.6 is 11.6 Å². The van der Waals surface area contributed by atoms with Gasteiger partial charge in [-0.1, -0.05) is 16.8 Å². The highest BCUT2D eigenvalue weighted by Gasteiger charge is 2.31. The maximum atomic E-state index is 8.72. The average molecular weight is 297 g/mol. The van der Waals surface area contributed by atoms with Crippen molar-refractivity contribution in [3.63, 3.8) is 0 Å². The largest absolute Gasteiger partial charge is 0.409 e. The molecule has 0 spiro atoms. The van der Waals surface area contributed by atoms with Gasteiger partial charge in [-0.15, -0.1) is 0 Å². The first-order valence-electron chi connectivity index (χ1n) is 6.59. The number of nitrogens with zero attached hydrogens (tertiary/aromatic N) is 3. The lowest BCUT2D eigenvalue weighted by molar-refractivity contribution is 0.139. The van der Waals surface area contributed by atoms with Gasteiger partial charge in [-0.2, -0.15) is 0 Å². The number of amidine groups is 1. The summed E-state index contributed by atoms with van der Waals surface area (Å²) in [5.41, 5.74) is 7.31. The molecule has 1 aliphatic rings. The zero-order valence-corrected chi connectivity index (χ0v) is 12.9. The summed E-state index contributed by atoms with van der Waals surface area (Å²) in [4.78, 5) is 4.66. The van der Waals surface area contributed by atoms with E-state index in [1.807, 2.05) is 12.1 Å². The maximum Gasteiger partial charge on any atom is 0.171 e. The van der Waals surface area contributed by atoms with Crippen LogP contribution in [0.4, 0.5) is 5.69 Å². The van der Waals surface area contributed by atoms with Crippen molar-refractivity contribution in [2.75, 3.05) is 31.6 Å². The van der Waals surface area contributed by atoms with Crippen LogP contribution in [0, 0.1) is 0 Å². The van der Waals surface area contributed by atoms with Crippen molar-refractivity contribution >= 4 is 23.1 Å².